The molecular weight excluding hydrogens is 927 g/mol. The van der Waals surface area contributed by atoms with Crippen LogP contribution in [0.2, 0.25) is 0 Å². The third-order valence-electron chi connectivity index (χ3n) is 14.4. The summed E-state index contributed by atoms with van der Waals surface area (Å²) >= 11 is 0. The van der Waals surface area contributed by atoms with Gasteiger partial charge >= 0.3 is 0 Å². The zero-order valence-corrected chi connectivity index (χ0v) is 41.3. The number of hydrogen-bond donors (Lipinski definition) is 0. The summed E-state index contributed by atoms with van der Waals surface area (Å²) in [7, 11) is 0. The van der Waals surface area contributed by atoms with Gasteiger partial charge in [-0.2, -0.15) is 15.0 Å². The summed E-state index contributed by atoms with van der Waals surface area (Å²) in [6.07, 6.45) is 0. The number of hydrogen-bond acceptors (Lipinski definition) is 5. The van der Waals surface area contributed by atoms with Crippen LogP contribution in [0.5, 0.6) is 0 Å². The SMILES string of the molecule is c1ccc(-c2cccc(-c3ccccc3)c2-c2nc(-n3c4ccccc4c4cc(N(c5ccccc5)c5ccccc5)ccc43)nc(-n3c4ccccc4c4cc(N(c5ccccc5)c5ccccc5)ccc43)n2)cc1. The van der Waals surface area contributed by atoms with Crippen molar-refractivity contribution in [3.63, 3.8) is 0 Å². The van der Waals surface area contributed by atoms with Gasteiger partial charge in [-0.05, 0) is 119 Å². The molecule has 14 aromatic rings. The van der Waals surface area contributed by atoms with E-state index in [9.17, 15) is 0 Å². The average molecular weight is 974 g/mol. The van der Waals surface area contributed by atoms with Gasteiger partial charge in [0.25, 0.3) is 0 Å². The van der Waals surface area contributed by atoms with Crippen LogP contribution in [0.25, 0.3) is 89.2 Å². The molecule has 7 heteroatoms. The van der Waals surface area contributed by atoms with Crippen LogP contribution in [0.15, 0.2) is 285 Å². The van der Waals surface area contributed by atoms with E-state index in [4.69, 9.17) is 15.0 Å². The van der Waals surface area contributed by atoms with Crippen LogP contribution in [0.4, 0.5) is 34.1 Å². The maximum absolute atomic E-state index is 5.66. The molecule has 3 aromatic heterocycles. The fourth-order valence-electron chi connectivity index (χ4n) is 11.0. The lowest BCUT2D eigenvalue weighted by Gasteiger charge is -2.25. The molecule has 0 aliphatic heterocycles. The predicted octanol–water partition coefficient (Wildman–Crippen LogP) is 18.0. The third-order valence-corrected chi connectivity index (χ3v) is 14.4. The van der Waals surface area contributed by atoms with Gasteiger partial charge in [0, 0.05) is 61.2 Å². The van der Waals surface area contributed by atoms with E-state index in [1.165, 1.54) is 0 Å². The lowest BCUT2D eigenvalue weighted by molar-refractivity contribution is 0.893. The summed E-state index contributed by atoms with van der Waals surface area (Å²) in [4.78, 5) is 21.6. The third kappa shape index (κ3) is 7.74. The Bertz CT molecular complexity index is 4030. The average Bonchev–Trinajstić information content (AvgIpc) is 4.10. The number of aromatic nitrogens is 5. The smallest absolute Gasteiger partial charge is 0.240 e. The van der Waals surface area contributed by atoms with Crippen LogP contribution < -0.4 is 9.80 Å². The van der Waals surface area contributed by atoms with Gasteiger partial charge in [-0.15, -0.1) is 0 Å². The Morgan fingerprint density at radius 2 is 0.579 bits per heavy atom. The first-order valence-corrected chi connectivity index (χ1v) is 25.6. The van der Waals surface area contributed by atoms with Gasteiger partial charge in [-0.25, -0.2) is 0 Å². The summed E-state index contributed by atoms with van der Waals surface area (Å²) in [5.41, 5.74) is 15.4. The second kappa shape index (κ2) is 18.9. The number of rotatable bonds is 11. The molecule has 76 heavy (non-hydrogen) atoms. The Labute approximate surface area is 440 Å². The first-order chi connectivity index (χ1) is 37.7. The first kappa shape index (κ1) is 44.3. The molecule has 0 amide bonds. The normalized spacial score (nSPS) is 11.4. The van der Waals surface area contributed by atoms with Crippen LogP contribution in [0, 0.1) is 0 Å². The Balaban J connectivity index is 1.05. The molecule has 11 aromatic carbocycles. The number of para-hydroxylation sites is 6. The number of nitrogens with zero attached hydrogens (tertiary/aromatic N) is 7. The van der Waals surface area contributed by atoms with Crippen LogP contribution in [-0.4, -0.2) is 24.1 Å². The van der Waals surface area contributed by atoms with Crippen molar-refractivity contribution < 1.29 is 0 Å². The highest BCUT2D eigenvalue weighted by molar-refractivity contribution is 6.12. The molecule has 0 bridgehead atoms. The summed E-state index contributed by atoms with van der Waals surface area (Å²) in [6, 6.07) is 100. The second-order valence-corrected chi connectivity index (χ2v) is 18.8. The number of benzene rings is 11. The van der Waals surface area contributed by atoms with Gasteiger partial charge in [-0.1, -0.05) is 188 Å². The van der Waals surface area contributed by atoms with Gasteiger partial charge in [0.1, 0.15) is 0 Å². The maximum atomic E-state index is 5.66. The van der Waals surface area contributed by atoms with E-state index in [2.05, 4.69) is 304 Å². The summed E-state index contributed by atoms with van der Waals surface area (Å²) in [5.74, 6) is 1.57. The molecule has 0 atom stereocenters. The molecule has 14 rings (SSSR count). The topological polar surface area (TPSA) is 55.0 Å². The predicted molar refractivity (Wildman–Crippen MR) is 314 cm³/mol. The van der Waals surface area contributed by atoms with E-state index in [1.807, 2.05) is 0 Å². The quantitative estimate of drug-likeness (QED) is 0.129. The zero-order chi connectivity index (χ0) is 50.4. The standard InChI is InChI=1S/C69H47N7/c1-7-24-48(25-8-1)56-38-23-39-57(49-26-9-2-10-27-49)66(56)67-70-68(75-62-40-21-19-36-58(62)60-46-54(42-44-64(60)75)73(50-28-11-3-12-29-50)51-30-13-4-14-31-51)72-69(71-67)76-63-41-22-20-37-59(63)61-47-55(43-45-65(61)76)74(52-32-15-5-16-33-52)53-34-17-6-18-35-53/h1-47H. The van der Waals surface area contributed by atoms with Crippen molar-refractivity contribution in [1.82, 2.24) is 24.1 Å². The lowest BCUT2D eigenvalue weighted by Crippen LogP contribution is -2.11. The van der Waals surface area contributed by atoms with E-state index >= 15 is 0 Å². The highest BCUT2D eigenvalue weighted by Gasteiger charge is 2.25. The Hall–Kier alpha value is -10.4. The molecule has 3 heterocycles. The molecule has 0 aliphatic rings. The van der Waals surface area contributed by atoms with Crippen LogP contribution >= 0.6 is 0 Å². The summed E-state index contributed by atoms with van der Waals surface area (Å²) < 4.78 is 4.44. The number of anilines is 6. The molecule has 0 saturated heterocycles. The highest BCUT2D eigenvalue weighted by atomic mass is 15.3. The maximum Gasteiger partial charge on any atom is 0.240 e. The Morgan fingerprint density at radius 1 is 0.250 bits per heavy atom. The fourth-order valence-corrected chi connectivity index (χ4v) is 11.0. The van der Waals surface area contributed by atoms with Gasteiger partial charge in [-0.3, -0.25) is 9.13 Å². The summed E-state index contributed by atoms with van der Waals surface area (Å²) in [6.45, 7) is 0. The minimum atomic E-state index is 0.505. The van der Waals surface area contributed by atoms with E-state index in [0.717, 1.165) is 106 Å². The molecule has 0 spiro atoms. The second-order valence-electron chi connectivity index (χ2n) is 18.8. The molecule has 0 aliphatic carbocycles. The molecule has 0 unspecified atom stereocenters. The molecular formula is C69H47N7. The Kier molecular flexibility index (Phi) is 11.0. The first-order valence-electron chi connectivity index (χ1n) is 25.6. The summed E-state index contributed by atoms with van der Waals surface area (Å²) in [5, 5.41) is 4.33. The van der Waals surface area contributed by atoms with Crippen molar-refractivity contribution in [2.24, 2.45) is 0 Å². The van der Waals surface area contributed by atoms with Gasteiger partial charge in [0.15, 0.2) is 5.82 Å². The van der Waals surface area contributed by atoms with Crippen molar-refractivity contribution in [3.05, 3.63) is 285 Å². The van der Waals surface area contributed by atoms with Crippen molar-refractivity contribution >= 4 is 77.7 Å². The molecule has 0 saturated carbocycles. The minimum absolute atomic E-state index is 0.505. The molecule has 0 fully saturated rings. The minimum Gasteiger partial charge on any atom is -0.310 e. The van der Waals surface area contributed by atoms with Gasteiger partial charge in [0.05, 0.1) is 22.1 Å². The molecule has 0 N–H and O–H groups in total. The fraction of sp³-hybridized carbons (Fsp3) is 0. The van der Waals surface area contributed by atoms with Crippen LogP contribution in [-0.2, 0) is 0 Å². The van der Waals surface area contributed by atoms with E-state index in [0.29, 0.717) is 17.7 Å². The van der Waals surface area contributed by atoms with Crippen LogP contribution in [0.1, 0.15) is 0 Å². The largest absolute Gasteiger partial charge is 0.310 e. The molecule has 358 valence electrons. The van der Waals surface area contributed by atoms with E-state index in [-0.39, 0.29) is 0 Å². The highest BCUT2D eigenvalue weighted by Crippen LogP contribution is 2.44. The molecule has 7 nitrogen and oxygen atoms in total. The van der Waals surface area contributed by atoms with Gasteiger partial charge < -0.3 is 9.80 Å². The number of fused-ring (bicyclic) bond motifs is 6. The van der Waals surface area contributed by atoms with Gasteiger partial charge in [0.2, 0.25) is 11.9 Å². The van der Waals surface area contributed by atoms with E-state index in [1.54, 1.807) is 0 Å². The van der Waals surface area contributed by atoms with E-state index < -0.39 is 0 Å². The van der Waals surface area contributed by atoms with Crippen molar-refractivity contribution in [3.8, 4) is 45.5 Å². The molecule has 0 radical (unpaired) electrons. The zero-order valence-electron chi connectivity index (χ0n) is 41.3. The van der Waals surface area contributed by atoms with Crippen molar-refractivity contribution in [1.29, 1.82) is 0 Å². The van der Waals surface area contributed by atoms with Crippen LogP contribution in [0.3, 0.4) is 0 Å². The monoisotopic (exact) mass is 973 g/mol. The Morgan fingerprint density at radius 3 is 0.961 bits per heavy atom. The van der Waals surface area contributed by atoms with Crippen molar-refractivity contribution in [2.45, 2.75) is 0 Å². The van der Waals surface area contributed by atoms with Crippen molar-refractivity contribution in [2.75, 3.05) is 9.80 Å². The lowest BCUT2D eigenvalue weighted by atomic mass is 9.91.